The van der Waals surface area contributed by atoms with Gasteiger partial charge >= 0.3 is 0 Å². The van der Waals surface area contributed by atoms with Crippen molar-refractivity contribution in [3.8, 4) is 5.75 Å². The van der Waals surface area contributed by atoms with Crippen LogP contribution in [0.25, 0.3) is 0 Å². The molecular weight excluding hydrogens is 454 g/mol. The Hall–Kier alpha value is -3.59. The molecule has 1 heterocycles. The zero-order valence-corrected chi connectivity index (χ0v) is 20.4. The SMILES string of the molecule is CCCNC(=O)c1c(OCc2ccccc2)c(=O)cc(CN(c2ccc(C)cc2)[SH](=O)=O)n1C. The smallest absolute Gasteiger partial charge is 0.271 e. The maximum absolute atomic E-state index is 13.1. The Labute approximate surface area is 200 Å². The third-order valence-corrected chi connectivity index (χ3v) is 6.09. The van der Waals surface area contributed by atoms with Crippen molar-refractivity contribution in [3.05, 3.63) is 93.4 Å². The second kappa shape index (κ2) is 11.5. The molecule has 0 aliphatic rings. The molecule has 0 fully saturated rings. The van der Waals surface area contributed by atoms with Crippen molar-refractivity contribution in [1.29, 1.82) is 0 Å². The number of benzene rings is 2. The van der Waals surface area contributed by atoms with Gasteiger partial charge in [-0.05, 0) is 31.0 Å². The van der Waals surface area contributed by atoms with Crippen molar-refractivity contribution in [2.45, 2.75) is 33.4 Å². The third-order valence-electron chi connectivity index (χ3n) is 5.32. The van der Waals surface area contributed by atoms with Gasteiger partial charge < -0.3 is 14.6 Å². The quantitative estimate of drug-likeness (QED) is 0.432. The summed E-state index contributed by atoms with van der Waals surface area (Å²) >= 11 is 0. The number of anilines is 1. The van der Waals surface area contributed by atoms with Crippen molar-refractivity contribution in [1.82, 2.24) is 9.88 Å². The molecule has 34 heavy (non-hydrogen) atoms. The number of hydrogen-bond donors (Lipinski definition) is 2. The molecule has 0 spiro atoms. The summed E-state index contributed by atoms with van der Waals surface area (Å²) in [6, 6.07) is 17.7. The maximum Gasteiger partial charge on any atom is 0.271 e. The normalized spacial score (nSPS) is 10.8. The van der Waals surface area contributed by atoms with Crippen LogP contribution in [0.2, 0.25) is 0 Å². The summed E-state index contributed by atoms with van der Waals surface area (Å²) in [7, 11) is -1.37. The predicted molar refractivity (Wildman–Crippen MR) is 133 cm³/mol. The molecule has 1 amide bonds. The number of hydrogen-bond acceptors (Lipinski definition) is 5. The number of carbonyl (C=O) groups is 1. The number of pyridine rings is 1. The molecule has 0 bridgehead atoms. The fourth-order valence-corrected chi connectivity index (χ4v) is 4.02. The number of rotatable bonds is 10. The molecule has 180 valence electrons. The van der Waals surface area contributed by atoms with E-state index in [4.69, 9.17) is 4.74 Å². The van der Waals surface area contributed by atoms with Crippen LogP contribution in [0, 0.1) is 6.92 Å². The zero-order chi connectivity index (χ0) is 24.7. The van der Waals surface area contributed by atoms with Gasteiger partial charge in [0, 0.05) is 25.4 Å². The predicted octanol–water partition coefficient (Wildman–Crippen LogP) is 2.95. The lowest BCUT2D eigenvalue weighted by Crippen LogP contribution is -2.32. The van der Waals surface area contributed by atoms with E-state index < -0.39 is 22.2 Å². The average molecular weight is 484 g/mol. The molecule has 0 aliphatic heterocycles. The van der Waals surface area contributed by atoms with Crippen LogP contribution in [0.4, 0.5) is 5.69 Å². The first-order chi connectivity index (χ1) is 16.3. The lowest BCUT2D eigenvalue weighted by atomic mass is 10.2. The van der Waals surface area contributed by atoms with Crippen molar-refractivity contribution in [2.24, 2.45) is 7.05 Å². The van der Waals surface area contributed by atoms with Gasteiger partial charge in [0.15, 0.2) is 11.4 Å². The van der Waals surface area contributed by atoms with Gasteiger partial charge in [-0.1, -0.05) is 55.0 Å². The Morgan fingerprint density at radius 2 is 1.76 bits per heavy atom. The first-order valence-corrected chi connectivity index (χ1v) is 12.1. The molecule has 3 aromatic rings. The summed E-state index contributed by atoms with van der Waals surface area (Å²) in [4.78, 5) is 26.1. The standard InChI is InChI=1S/C25H29N3O5S/c1-4-14-26-25(30)23-24(33-17-19-8-6-5-7-9-19)22(29)15-21(27(23)3)16-28(34(31)32)20-12-10-18(2)11-13-20/h5-13,15,34H,4,14,16-17H2,1-3H3,(H,26,30). The van der Waals surface area contributed by atoms with E-state index >= 15 is 0 Å². The summed E-state index contributed by atoms with van der Waals surface area (Å²) in [6.45, 7) is 4.26. The van der Waals surface area contributed by atoms with Crippen LogP contribution in [0.15, 0.2) is 65.5 Å². The molecule has 0 saturated heterocycles. The van der Waals surface area contributed by atoms with Gasteiger partial charge in [0.2, 0.25) is 16.3 Å². The largest absolute Gasteiger partial charge is 0.483 e. The number of aromatic nitrogens is 1. The zero-order valence-electron chi connectivity index (χ0n) is 19.5. The van der Waals surface area contributed by atoms with E-state index in [1.54, 1.807) is 19.2 Å². The summed E-state index contributed by atoms with van der Waals surface area (Å²) < 4.78 is 32.6. The average Bonchev–Trinajstić information content (AvgIpc) is 2.83. The number of nitrogens with zero attached hydrogens (tertiary/aromatic N) is 2. The number of amides is 1. The van der Waals surface area contributed by atoms with E-state index in [1.165, 1.54) is 14.9 Å². The first-order valence-electron chi connectivity index (χ1n) is 11.0. The Morgan fingerprint density at radius 1 is 1.09 bits per heavy atom. The van der Waals surface area contributed by atoms with E-state index in [9.17, 15) is 18.0 Å². The number of nitrogens with one attached hydrogen (secondary N) is 1. The van der Waals surface area contributed by atoms with E-state index in [2.05, 4.69) is 5.32 Å². The van der Waals surface area contributed by atoms with Crippen LogP contribution < -0.4 is 19.8 Å². The lowest BCUT2D eigenvalue weighted by molar-refractivity contribution is 0.0938. The number of ether oxygens (including phenoxy) is 1. The molecule has 1 N–H and O–H groups in total. The third kappa shape index (κ3) is 6.05. The summed E-state index contributed by atoms with van der Waals surface area (Å²) in [5.74, 6) is -0.531. The van der Waals surface area contributed by atoms with Crippen LogP contribution in [-0.2, 0) is 31.1 Å². The van der Waals surface area contributed by atoms with Crippen LogP contribution in [0.3, 0.4) is 0 Å². The molecule has 0 aliphatic carbocycles. The van der Waals surface area contributed by atoms with Gasteiger partial charge in [-0.3, -0.25) is 13.9 Å². The molecule has 3 rings (SSSR count). The van der Waals surface area contributed by atoms with Gasteiger partial charge in [0.05, 0.1) is 12.2 Å². The fraction of sp³-hybridized carbons (Fsp3) is 0.280. The Morgan fingerprint density at radius 3 is 2.38 bits per heavy atom. The maximum atomic E-state index is 13.1. The molecule has 0 saturated carbocycles. The van der Waals surface area contributed by atoms with Crippen LogP contribution in [-0.4, -0.2) is 25.4 Å². The van der Waals surface area contributed by atoms with E-state index in [-0.39, 0.29) is 24.6 Å². The highest BCUT2D eigenvalue weighted by atomic mass is 32.2. The second-order valence-electron chi connectivity index (χ2n) is 7.90. The highest BCUT2D eigenvalue weighted by Gasteiger charge is 2.23. The summed E-state index contributed by atoms with van der Waals surface area (Å²) in [5.41, 5.74) is 2.23. The minimum absolute atomic E-state index is 0.0527. The van der Waals surface area contributed by atoms with Crippen molar-refractivity contribution < 1.29 is 17.9 Å². The molecule has 8 nitrogen and oxygen atoms in total. The fourth-order valence-electron chi connectivity index (χ4n) is 3.44. The lowest BCUT2D eigenvalue weighted by Gasteiger charge is -2.22. The minimum atomic E-state index is -2.99. The van der Waals surface area contributed by atoms with Crippen molar-refractivity contribution in [2.75, 3.05) is 10.8 Å². The molecular formula is C25H29N3O5S. The van der Waals surface area contributed by atoms with Gasteiger partial charge in [0.1, 0.15) is 6.61 Å². The van der Waals surface area contributed by atoms with Gasteiger partial charge in [-0.2, -0.15) is 0 Å². The van der Waals surface area contributed by atoms with Gasteiger partial charge in [-0.15, -0.1) is 0 Å². The molecule has 2 aromatic carbocycles. The Bertz CT molecular complexity index is 1260. The van der Waals surface area contributed by atoms with Crippen molar-refractivity contribution in [3.63, 3.8) is 0 Å². The van der Waals surface area contributed by atoms with Crippen LogP contribution in [0.1, 0.15) is 40.7 Å². The Kier molecular flexibility index (Phi) is 8.48. The second-order valence-corrected chi connectivity index (χ2v) is 8.86. The molecule has 0 radical (unpaired) electrons. The highest BCUT2D eigenvalue weighted by molar-refractivity contribution is 7.74. The summed E-state index contributed by atoms with van der Waals surface area (Å²) in [6.07, 6.45) is 0.720. The highest BCUT2D eigenvalue weighted by Crippen LogP contribution is 2.21. The number of carbonyl (C=O) groups excluding carboxylic acids is 1. The van der Waals surface area contributed by atoms with E-state index in [0.717, 1.165) is 17.5 Å². The molecule has 9 heteroatoms. The van der Waals surface area contributed by atoms with Gasteiger partial charge in [0.25, 0.3) is 5.91 Å². The Balaban J connectivity index is 2.02. The molecule has 0 atom stereocenters. The molecule has 1 aromatic heterocycles. The first kappa shape index (κ1) is 25.0. The topological polar surface area (TPSA) is 97.7 Å². The summed E-state index contributed by atoms with van der Waals surface area (Å²) in [5, 5.41) is 2.78. The number of thiol groups is 1. The van der Waals surface area contributed by atoms with Crippen LogP contribution in [0.5, 0.6) is 5.75 Å². The minimum Gasteiger partial charge on any atom is -0.483 e. The van der Waals surface area contributed by atoms with Gasteiger partial charge in [-0.25, -0.2) is 8.42 Å². The van der Waals surface area contributed by atoms with Crippen LogP contribution >= 0.6 is 0 Å². The molecule has 0 unspecified atom stereocenters. The van der Waals surface area contributed by atoms with E-state index in [0.29, 0.717) is 17.9 Å². The van der Waals surface area contributed by atoms with Crippen molar-refractivity contribution >= 4 is 22.5 Å². The monoisotopic (exact) mass is 483 g/mol. The number of aryl methyl sites for hydroxylation is 1. The van der Waals surface area contributed by atoms with E-state index in [1.807, 2.05) is 56.3 Å².